The fourth-order valence-corrected chi connectivity index (χ4v) is 2.22. The average molecular weight is 353 g/mol. The zero-order chi connectivity index (χ0) is 18.3. The lowest BCUT2D eigenvalue weighted by atomic mass is 10.1. The summed E-state index contributed by atoms with van der Waals surface area (Å²) >= 11 is 0. The van der Waals surface area contributed by atoms with Crippen LogP contribution in [0.2, 0.25) is 0 Å². The molecule has 0 saturated carbocycles. The van der Waals surface area contributed by atoms with E-state index in [0.717, 1.165) is 6.20 Å². The van der Waals surface area contributed by atoms with E-state index in [9.17, 15) is 18.0 Å². The predicted octanol–water partition coefficient (Wildman–Crippen LogP) is 2.38. The average Bonchev–Trinajstić information content (AvgIpc) is 2.58. The largest absolute Gasteiger partial charge is 0.492 e. The van der Waals surface area contributed by atoms with Gasteiger partial charge in [-0.25, -0.2) is 0 Å². The summed E-state index contributed by atoms with van der Waals surface area (Å²) in [7, 11) is 0. The Morgan fingerprint density at radius 1 is 1.28 bits per heavy atom. The number of alkyl halides is 3. The number of benzene rings is 1. The molecular weight excluding hydrogens is 335 g/mol. The van der Waals surface area contributed by atoms with Gasteiger partial charge in [-0.15, -0.1) is 0 Å². The van der Waals surface area contributed by atoms with Gasteiger partial charge in [0.25, 0.3) is 0 Å². The van der Waals surface area contributed by atoms with Crippen molar-refractivity contribution in [2.45, 2.75) is 18.6 Å². The number of nitrogens with zero attached hydrogens (tertiary/aromatic N) is 1. The maximum Gasteiger partial charge on any atom is 0.412 e. The number of pyridine rings is 1. The number of ether oxygens (including phenoxy) is 1. The molecule has 8 heteroatoms. The second-order valence-corrected chi connectivity index (χ2v) is 5.29. The monoisotopic (exact) mass is 353 g/mol. The highest BCUT2D eigenvalue weighted by Crippen LogP contribution is 2.32. The predicted molar refractivity (Wildman–Crippen MR) is 85.9 cm³/mol. The number of carbonyl (C=O) groups excluding carboxylic acids is 1. The third-order valence-electron chi connectivity index (χ3n) is 3.30. The van der Waals surface area contributed by atoms with Crippen LogP contribution in [-0.4, -0.2) is 30.2 Å². The molecule has 0 fully saturated rings. The van der Waals surface area contributed by atoms with Crippen LogP contribution in [0.15, 0.2) is 48.8 Å². The maximum atomic E-state index is 13.2. The summed E-state index contributed by atoms with van der Waals surface area (Å²) in [4.78, 5) is 15.7. The molecule has 0 bridgehead atoms. The second kappa shape index (κ2) is 8.48. The normalized spacial score (nSPS) is 12.5. The van der Waals surface area contributed by atoms with E-state index in [4.69, 9.17) is 10.5 Å². The number of aromatic nitrogens is 1. The molecule has 1 amide bonds. The Morgan fingerprint density at radius 3 is 2.72 bits per heavy atom. The lowest BCUT2D eigenvalue weighted by molar-refractivity contribution is -0.163. The minimum Gasteiger partial charge on any atom is -0.492 e. The first-order chi connectivity index (χ1) is 11.9. The van der Waals surface area contributed by atoms with Gasteiger partial charge in [-0.05, 0) is 23.8 Å². The van der Waals surface area contributed by atoms with Crippen LogP contribution in [0.5, 0.6) is 5.75 Å². The summed E-state index contributed by atoms with van der Waals surface area (Å²) in [5.74, 6) is -0.238. The van der Waals surface area contributed by atoms with E-state index in [1.165, 1.54) is 18.3 Å². The van der Waals surface area contributed by atoms with Gasteiger partial charge in [0.1, 0.15) is 12.4 Å². The topological polar surface area (TPSA) is 77.2 Å². The molecule has 0 aliphatic rings. The third kappa shape index (κ3) is 5.75. The number of amides is 1. The highest BCUT2D eigenvalue weighted by molar-refractivity contribution is 5.79. The van der Waals surface area contributed by atoms with Crippen LogP contribution in [-0.2, 0) is 11.2 Å². The smallest absolute Gasteiger partial charge is 0.412 e. The Labute approximate surface area is 143 Å². The highest BCUT2D eigenvalue weighted by atomic mass is 19.4. The fraction of sp³-hybridized carbons (Fsp3) is 0.294. The van der Waals surface area contributed by atoms with E-state index in [-0.39, 0.29) is 12.0 Å². The van der Waals surface area contributed by atoms with Gasteiger partial charge >= 0.3 is 6.18 Å². The second-order valence-electron chi connectivity index (χ2n) is 5.29. The highest BCUT2D eigenvalue weighted by Gasteiger charge is 2.41. The van der Waals surface area contributed by atoms with Gasteiger partial charge in [0, 0.05) is 24.5 Å². The van der Waals surface area contributed by atoms with Crippen LogP contribution < -0.4 is 15.8 Å². The Balaban J connectivity index is 2.07. The minimum atomic E-state index is -4.62. The number of nitrogens with two attached hydrogens (primary N) is 1. The number of halogens is 3. The summed E-state index contributed by atoms with van der Waals surface area (Å²) in [6.07, 6.45) is -2.37. The number of nitrogens with one attached hydrogen (secondary N) is 1. The molecule has 1 heterocycles. The van der Waals surface area contributed by atoms with Gasteiger partial charge in [0.2, 0.25) is 5.91 Å². The molecule has 2 aromatic rings. The van der Waals surface area contributed by atoms with Gasteiger partial charge in [-0.1, -0.05) is 18.2 Å². The van der Waals surface area contributed by atoms with Crippen LogP contribution in [0.4, 0.5) is 13.2 Å². The van der Waals surface area contributed by atoms with Crippen LogP contribution in [0.1, 0.15) is 17.2 Å². The summed E-state index contributed by atoms with van der Waals surface area (Å²) in [6, 6.07) is 7.14. The van der Waals surface area contributed by atoms with Crippen molar-refractivity contribution in [3.05, 3.63) is 59.9 Å². The zero-order valence-corrected chi connectivity index (χ0v) is 13.3. The molecule has 1 atom stereocenters. The van der Waals surface area contributed by atoms with Gasteiger partial charge in [-0.3, -0.25) is 9.78 Å². The molecule has 0 saturated heterocycles. The molecule has 134 valence electrons. The Kier molecular flexibility index (Phi) is 6.35. The first-order valence-corrected chi connectivity index (χ1v) is 7.58. The summed E-state index contributed by atoms with van der Waals surface area (Å²) in [5, 5.41) is 2.02. The van der Waals surface area contributed by atoms with Gasteiger partial charge in [0.05, 0.1) is 6.42 Å². The van der Waals surface area contributed by atoms with Crippen molar-refractivity contribution in [1.29, 1.82) is 0 Å². The van der Waals surface area contributed by atoms with Crippen molar-refractivity contribution in [3.8, 4) is 5.75 Å². The van der Waals surface area contributed by atoms with Crippen LogP contribution >= 0.6 is 0 Å². The zero-order valence-electron chi connectivity index (χ0n) is 13.3. The van der Waals surface area contributed by atoms with Crippen molar-refractivity contribution >= 4 is 5.91 Å². The molecule has 0 radical (unpaired) electrons. The van der Waals surface area contributed by atoms with Crippen molar-refractivity contribution < 1.29 is 22.7 Å². The van der Waals surface area contributed by atoms with Crippen molar-refractivity contribution in [2.75, 3.05) is 13.2 Å². The van der Waals surface area contributed by atoms with Crippen molar-refractivity contribution in [2.24, 2.45) is 5.73 Å². The van der Waals surface area contributed by atoms with E-state index in [0.29, 0.717) is 24.5 Å². The number of rotatable bonds is 7. The molecular formula is C17H18F3N3O2. The summed E-state index contributed by atoms with van der Waals surface area (Å²) < 4.78 is 45.0. The van der Waals surface area contributed by atoms with E-state index in [1.807, 2.05) is 5.32 Å². The van der Waals surface area contributed by atoms with Crippen LogP contribution in [0.25, 0.3) is 0 Å². The van der Waals surface area contributed by atoms with E-state index in [2.05, 4.69) is 4.98 Å². The number of hydrogen-bond acceptors (Lipinski definition) is 4. The summed E-state index contributed by atoms with van der Waals surface area (Å²) in [5.41, 5.74) is 5.76. The lowest BCUT2D eigenvalue weighted by Crippen LogP contribution is -2.38. The summed E-state index contributed by atoms with van der Waals surface area (Å²) in [6.45, 7) is 0.649. The molecule has 5 nitrogen and oxygen atoms in total. The van der Waals surface area contributed by atoms with E-state index < -0.39 is 18.1 Å². The molecule has 1 aromatic heterocycles. The SMILES string of the molecule is NCCOc1cccc(CC(=O)N[C@H](c2cccnc2)C(F)(F)F)c1. The van der Waals surface area contributed by atoms with Crippen molar-refractivity contribution in [3.63, 3.8) is 0 Å². The standard InChI is InChI=1S/C17H18F3N3O2/c18-17(19,20)16(13-4-2-7-22-11-13)23-15(24)10-12-3-1-5-14(9-12)25-8-6-21/h1-5,7,9,11,16H,6,8,10,21H2,(H,23,24)/t16-/m1/s1. The lowest BCUT2D eigenvalue weighted by Gasteiger charge is -2.21. The van der Waals surface area contributed by atoms with Crippen molar-refractivity contribution in [1.82, 2.24) is 10.3 Å². The number of carbonyl (C=O) groups is 1. The molecule has 3 N–H and O–H groups in total. The van der Waals surface area contributed by atoms with Gasteiger partial charge in [-0.2, -0.15) is 13.2 Å². The first kappa shape index (κ1) is 18.7. The van der Waals surface area contributed by atoms with Gasteiger partial charge < -0.3 is 15.8 Å². The molecule has 0 aliphatic carbocycles. The van der Waals surface area contributed by atoms with Crippen LogP contribution in [0.3, 0.4) is 0 Å². The minimum absolute atomic E-state index is 0.122. The molecule has 0 spiro atoms. The Morgan fingerprint density at radius 2 is 2.08 bits per heavy atom. The molecule has 1 aromatic carbocycles. The fourth-order valence-electron chi connectivity index (χ4n) is 2.22. The molecule has 2 rings (SSSR count). The maximum absolute atomic E-state index is 13.2. The first-order valence-electron chi connectivity index (χ1n) is 7.58. The van der Waals surface area contributed by atoms with E-state index >= 15 is 0 Å². The molecule has 0 aliphatic heterocycles. The third-order valence-corrected chi connectivity index (χ3v) is 3.30. The quantitative estimate of drug-likeness (QED) is 0.801. The number of hydrogen-bond donors (Lipinski definition) is 2. The molecule has 25 heavy (non-hydrogen) atoms. The Bertz CT molecular complexity index is 693. The van der Waals surface area contributed by atoms with E-state index in [1.54, 1.807) is 24.3 Å². The Hall–Kier alpha value is -2.61. The van der Waals surface area contributed by atoms with Gasteiger partial charge in [0.15, 0.2) is 6.04 Å². The van der Waals surface area contributed by atoms with Crippen LogP contribution in [0, 0.1) is 0 Å². The molecule has 0 unspecified atom stereocenters.